The van der Waals surface area contributed by atoms with E-state index in [0.29, 0.717) is 25.4 Å². The molecule has 3 atom stereocenters. The first-order valence-corrected chi connectivity index (χ1v) is 9.12. The van der Waals surface area contributed by atoms with Gasteiger partial charge in [-0.05, 0) is 48.6 Å². The van der Waals surface area contributed by atoms with Crippen LogP contribution >= 0.6 is 0 Å². The Balaban J connectivity index is 1.57. The molecule has 2 fully saturated rings. The Labute approximate surface area is 149 Å². The number of carbonyl (C=O) groups is 2. The van der Waals surface area contributed by atoms with Gasteiger partial charge in [-0.1, -0.05) is 25.1 Å². The molecule has 2 aliphatic rings. The first-order chi connectivity index (χ1) is 12.0. The van der Waals surface area contributed by atoms with Gasteiger partial charge in [0.25, 0.3) is 0 Å². The molecular weight excluding hydrogens is 318 g/mol. The maximum atomic E-state index is 12.7. The molecule has 25 heavy (non-hydrogen) atoms. The Hall–Kier alpha value is -2.04. The number of nitrogens with zero attached hydrogens (tertiary/aromatic N) is 1. The van der Waals surface area contributed by atoms with Gasteiger partial charge in [-0.3, -0.25) is 9.59 Å². The van der Waals surface area contributed by atoms with Crippen molar-refractivity contribution in [3.8, 4) is 5.75 Å². The van der Waals surface area contributed by atoms with E-state index in [1.54, 1.807) is 12.0 Å². The molecule has 1 aromatic carbocycles. The quantitative estimate of drug-likeness (QED) is 0.825. The highest BCUT2D eigenvalue weighted by Crippen LogP contribution is 2.44. The summed E-state index contributed by atoms with van der Waals surface area (Å²) in [6.07, 6.45) is 3.45. The number of rotatable bonds is 7. The van der Waals surface area contributed by atoms with Gasteiger partial charge in [0.05, 0.1) is 13.0 Å². The van der Waals surface area contributed by atoms with Crippen LogP contribution in [-0.2, 0) is 16.0 Å². The topological polar surface area (TPSA) is 66.8 Å². The molecule has 136 valence electrons. The molecule has 1 saturated heterocycles. The number of benzene rings is 1. The van der Waals surface area contributed by atoms with E-state index in [1.807, 2.05) is 24.3 Å². The number of hydrogen-bond acceptors (Lipinski definition) is 3. The average molecular weight is 345 g/mol. The third-order valence-corrected chi connectivity index (χ3v) is 5.55. The van der Waals surface area contributed by atoms with Crippen molar-refractivity contribution in [1.82, 2.24) is 4.90 Å². The zero-order chi connectivity index (χ0) is 18.0. The lowest BCUT2D eigenvalue weighted by Gasteiger charge is -2.20. The summed E-state index contributed by atoms with van der Waals surface area (Å²) in [6, 6.07) is 7.87. The van der Waals surface area contributed by atoms with Gasteiger partial charge in [-0.2, -0.15) is 0 Å². The summed E-state index contributed by atoms with van der Waals surface area (Å²) in [6.45, 7) is 3.05. The van der Waals surface area contributed by atoms with E-state index < -0.39 is 5.97 Å². The number of carboxylic acid groups (broad SMARTS) is 1. The zero-order valence-electron chi connectivity index (χ0n) is 15.0. The standard InChI is InChI=1S/C20H27NO4/c1-13(9-15-5-3-4-6-18(15)25-2)10-19(22)21-11-16(14-7-8-14)17(12-21)20(23)24/h3-6,13-14,16-17H,7-12H2,1-2H3,(H,23,24)/t13?,16-,17+/m1/s1. The van der Waals surface area contributed by atoms with E-state index in [0.717, 1.165) is 30.6 Å². The molecule has 1 aromatic rings. The number of amides is 1. The van der Waals surface area contributed by atoms with Crippen molar-refractivity contribution >= 4 is 11.9 Å². The van der Waals surface area contributed by atoms with E-state index in [-0.39, 0.29) is 23.7 Å². The number of hydrogen-bond donors (Lipinski definition) is 1. The van der Waals surface area contributed by atoms with E-state index in [4.69, 9.17) is 4.74 Å². The number of likely N-dealkylation sites (tertiary alicyclic amines) is 1. The minimum absolute atomic E-state index is 0.0804. The van der Waals surface area contributed by atoms with Crippen LogP contribution in [0.25, 0.3) is 0 Å². The van der Waals surface area contributed by atoms with Gasteiger partial charge < -0.3 is 14.7 Å². The highest BCUT2D eigenvalue weighted by molar-refractivity contribution is 5.79. The first kappa shape index (κ1) is 17.8. The van der Waals surface area contributed by atoms with Crippen LogP contribution in [0.15, 0.2) is 24.3 Å². The summed E-state index contributed by atoms with van der Waals surface area (Å²) >= 11 is 0. The van der Waals surface area contributed by atoms with Gasteiger partial charge in [0.2, 0.25) is 5.91 Å². The highest BCUT2D eigenvalue weighted by Gasteiger charge is 2.46. The summed E-state index contributed by atoms with van der Waals surface area (Å²) in [5.74, 6) is 0.623. The molecule has 1 aliphatic heterocycles. The molecule has 1 aliphatic carbocycles. The van der Waals surface area contributed by atoms with Crippen molar-refractivity contribution in [1.29, 1.82) is 0 Å². The Kier molecular flexibility index (Phi) is 5.30. The normalized spacial score (nSPS) is 24.2. The van der Waals surface area contributed by atoms with Crippen LogP contribution in [0.3, 0.4) is 0 Å². The van der Waals surface area contributed by atoms with Crippen molar-refractivity contribution in [3.63, 3.8) is 0 Å². The van der Waals surface area contributed by atoms with Crippen LogP contribution in [0, 0.1) is 23.7 Å². The van der Waals surface area contributed by atoms with E-state index >= 15 is 0 Å². The third-order valence-electron chi connectivity index (χ3n) is 5.55. The predicted molar refractivity (Wildman–Crippen MR) is 94.4 cm³/mol. The molecule has 5 nitrogen and oxygen atoms in total. The highest BCUT2D eigenvalue weighted by atomic mass is 16.5. The van der Waals surface area contributed by atoms with E-state index in [9.17, 15) is 14.7 Å². The fraction of sp³-hybridized carbons (Fsp3) is 0.600. The zero-order valence-corrected chi connectivity index (χ0v) is 15.0. The molecular formula is C20H27NO4. The van der Waals surface area contributed by atoms with Crippen molar-refractivity contribution in [2.45, 2.75) is 32.6 Å². The number of para-hydroxylation sites is 1. The molecule has 0 radical (unpaired) electrons. The van der Waals surface area contributed by atoms with Crippen LogP contribution in [0.5, 0.6) is 5.75 Å². The van der Waals surface area contributed by atoms with Crippen LogP contribution in [0.1, 0.15) is 31.7 Å². The van der Waals surface area contributed by atoms with Gasteiger partial charge in [0.1, 0.15) is 5.75 Å². The number of methoxy groups -OCH3 is 1. The maximum absolute atomic E-state index is 12.7. The predicted octanol–water partition coefficient (Wildman–Crippen LogP) is 2.83. The molecule has 0 bridgehead atoms. The molecule has 0 aromatic heterocycles. The maximum Gasteiger partial charge on any atom is 0.308 e. The molecule has 1 heterocycles. The molecule has 3 rings (SSSR count). The largest absolute Gasteiger partial charge is 0.496 e. The van der Waals surface area contributed by atoms with Crippen molar-refractivity contribution in [2.75, 3.05) is 20.2 Å². The SMILES string of the molecule is COc1ccccc1CC(C)CC(=O)N1C[C@H](C(=O)O)[C@@H](C2CC2)C1. The Morgan fingerprint density at radius 1 is 1.28 bits per heavy atom. The monoisotopic (exact) mass is 345 g/mol. The molecule has 1 unspecified atom stereocenters. The molecule has 1 saturated carbocycles. The van der Waals surface area contributed by atoms with Crippen LogP contribution in [0.2, 0.25) is 0 Å². The first-order valence-electron chi connectivity index (χ1n) is 9.12. The molecule has 5 heteroatoms. The lowest BCUT2D eigenvalue weighted by molar-refractivity contribution is -0.142. The van der Waals surface area contributed by atoms with Gasteiger partial charge in [0, 0.05) is 19.5 Å². The number of carboxylic acids is 1. The summed E-state index contributed by atoms with van der Waals surface area (Å²) in [5.41, 5.74) is 1.10. The Morgan fingerprint density at radius 2 is 2.00 bits per heavy atom. The molecule has 1 amide bonds. The Morgan fingerprint density at radius 3 is 2.64 bits per heavy atom. The fourth-order valence-electron chi connectivity index (χ4n) is 4.04. The molecule has 1 N–H and O–H groups in total. The Bertz CT molecular complexity index is 640. The average Bonchev–Trinajstić information content (AvgIpc) is 3.32. The number of ether oxygens (including phenoxy) is 1. The summed E-state index contributed by atoms with van der Waals surface area (Å²) in [4.78, 5) is 25.9. The van der Waals surface area contributed by atoms with Gasteiger partial charge in [-0.25, -0.2) is 0 Å². The summed E-state index contributed by atoms with van der Waals surface area (Å²) in [5, 5.41) is 9.44. The second-order valence-corrected chi connectivity index (χ2v) is 7.57. The van der Waals surface area contributed by atoms with Gasteiger partial charge >= 0.3 is 5.97 Å². The van der Waals surface area contributed by atoms with Crippen LogP contribution < -0.4 is 4.74 Å². The number of aliphatic carboxylic acids is 1. The second-order valence-electron chi connectivity index (χ2n) is 7.57. The third kappa shape index (κ3) is 4.14. The summed E-state index contributed by atoms with van der Waals surface area (Å²) in [7, 11) is 1.66. The minimum atomic E-state index is -0.755. The minimum Gasteiger partial charge on any atom is -0.496 e. The van der Waals surface area contributed by atoms with Crippen LogP contribution in [0.4, 0.5) is 0 Å². The number of carbonyl (C=O) groups excluding carboxylic acids is 1. The van der Waals surface area contributed by atoms with E-state index in [2.05, 4.69) is 6.92 Å². The van der Waals surface area contributed by atoms with Gasteiger partial charge in [-0.15, -0.1) is 0 Å². The van der Waals surface area contributed by atoms with Crippen molar-refractivity contribution in [3.05, 3.63) is 29.8 Å². The lowest BCUT2D eigenvalue weighted by Crippen LogP contribution is -2.31. The summed E-state index contributed by atoms with van der Waals surface area (Å²) < 4.78 is 5.38. The smallest absolute Gasteiger partial charge is 0.308 e. The van der Waals surface area contributed by atoms with Crippen molar-refractivity contribution < 1.29 is 19.4 Å². The van der Waals surface area contributed by atoms with E-state index in [1.165, 1.54) is 0 Å². The molecule has 0 spiro atoms. The lowest BCUT2D eigenvalue weighted by atomic mass is 9.92. The van der Waals surface area contributed by atoms with Gasteiger partial charge in [0.15, 0.2) is 0 Å². The second kappa shape index (κ2) is 7.46. The fourth-order valence-corrected chi connectivity index (χ4v) is 4.04. The van der Waals surface area contributed by atoms with Crippen LogP contribution in [-0.4, -0.2) is 42.1 Å². The van der Waals surface area contributed by atoms with Crippen molar-refractivity contribution in [2.24, 2.45) is 23.7 Å².